The van der Waals surface area contributed by atoms with Crippen molar-refractivity contribution < 1.29 is 19.7 Å². The van der Waals surface area contributed by atoms with Crippen molar-refractivity contribution in [2.45, 2.75) is 45.3 Å². The number of benzene rings is 2. The van der Waals surface area contributed by atoms with Crippen LogP contribution in [-0.4, -0.2) is 34.9 Å². The second-order valence-electron chi connectivity index (χ2n) is 7.74. The van der Waals surface area contributed by atoms with Gasteiger partial charge in [-0.25, -0.2) is 0 Å². The molecule has 0 radical (unpaired) electrons. The fraction of sp³-hybridized carbons (Fsp3) is 0.435. The molecule has 3 atom stereocenters. The maximum atomic E-state index is 11.7. The molecule has 0 aliphatic carbocycles. The maximum absolute atomic E-state index is 11.7. The van der Waals surface area contributed by atoms with E-state index in [0.717, 1.165) is 16.9 Å². The lowest BCUT2D eigenvalue weighted by Crippen LogP contribution is -2.39. The second-order valence-corrected chi connectivity index (χ2v) is 7.74. The Bertz CT molecular complexity index is 715. The highest BCUT2D eigenvalue weighted by molar-refractivity contribution is 5.70. The highest BCUT2D eigenvalue weighted by Crippen LogP contribution is 2.20. The number of nitrogens with two attached hydrogens (primary N) is 1. The third-order valence-corrected chi connectivity index (χ3v) is 4.67. The molecule has 0 heterocycles. The third-order valence-electron chi connectivity index (χ3n) is 4.67. The summed E-state index contributed by atoms with van der Waals surface area (Å²) in [5, 5.41) is 20.0. The Morgan fingerprint density at radius 3 is 2.18 bits per heavy atom. The van der Waals surface area contributed by atoms with E-state index in [-0.39, 0.29) is 6.42 Å². The highest BCUT2D eigenvalue weighted by Gasteiger charge is 2.25. The number of aliphatic hydroxyl groups excluding tert-OH is 1. The lowest BCUT2D eigenvalue weighted by atomic mass is 9.90. The highest BCUT2D eigenvalue weighted by atomic mass is 16.5. The number of rotatable bonds is 11. The normalized spacial score (nSPS) is 14.5. The van der Waals surface area contributed by atoms with E-state index < -0.39 is 24.0 Å². The molecule has 0 saturated heterocycles. The van der Waals surface area contributed by atoms with Gasteiger partial charge in [-0.15, -0.1) is 0 Å². The molecule has 4 N–H and O–H groups in total. The monoisotopic (exact) mass is 385 g/mol. The first-order chi connectivity index (χ1) is 13.3. The number of ether oxygens (including phenoxy) is 1. The van der Waals surface area contributed by atoms with Gasteiger partial charge in [0.1, 0.15) is 5.75 Å². The molecule has 152 valence electrons. The quantitative estimate of drug-likeness (QED) is 0.552. The Labute approximate surface area is 167 Å². The molecule has 0 fully saturated rings. The van der Waals surface area contributed by atoms with Gasteiger partial charge in [-0.1, -0.05) is 56.3 Å². The van der Waals surface area contributed by atoms with Crippen molar-refractivity contribution >= 4 is 5.97 Å². The minimum atomic E-state index is -0.925. The van der Waals surface area contributed by atoms with E-state index in [1.807, 2.05) is 54.6 Å². The minimum absolute atomic E-state index is 0.120. The van der Waals surface area contributed by atoms with Crippen LogP contribution in [0.25, 0.3) is 0 Å². The molecule has 5 heteroatoms. The van der Waals surface area contributed by atoms with Crippen molar-refractivity contribution in [3.05, 3.63) is 65.7 Å². The number of hydrogen-bond acceptors (Lipinski definition) is 4. The summed E-state index contributed by atoms with van der Waals surface area (Å²) in [5.41, 5.74) is 8.03. The topological polar surface area (TPSA) is 92.8 Å². The van der Waals surface area contributed by atoms with Gasteiger partial charge in [-0.3, -0.25) is 4.79 Å². The number of aliphatic hydroxyl groups is 1. The SMILES string of the molecule is CC(C)COc1ccc(C[C@H](C[C@H](O)[C@@H](N)Cc2ccccc2)C(=O)O)cc1. The van der Waals surface area contributed by atoms with Crippen LogP contribution in [0.15, 0.2) is 54.6 Å². The molecular weight excluding hydrogens is 354 g/mol. The standard InChI is InChI=1S/C23H31NO4/c1-16(2)15-28-20-10-8-18(9-11-20)12-19(23(26)27)14-22(25)21(24)13-17-6-4-3-5-7-17/h3-11,16,19,21-22,25H,12-15,24H2,1-2H3,(H,26,27)/t19-,21+,22+/m1/s1. The molecular formula is C23H31NO4. The van der Waals surface area contributed by atoms with E-state index in [1.165, 1.54) is 0 Å². The zero-order valence-electron chi connectivity index (χ0n) is 16.6. The van der Waals surface area contributed by atoms with Gasteiger partial charge in [0.2, 0.25) is 0 Å². The fourth-order valence-electron chi connectivity index (χ4n) is 3.03. The molecule has 2 aromatic carbocycles. The van der Waals surface area contributed by atoms with Crippen LogP contribution < -0.4 is 10.5 Å². The lowest BCUT2D eigenvalue weighted by Gasteiger charge is -2.22. The van der Waals surface area contributed by atoms with Crippen molar-refractivity contribution in [3.8, 4) is 5.75 Å². The average molecular weight is 386 g/mol. The smallest absolute Gasteiger partial charge is 0.306 e. The Morgan fingerprint density at radius 1 is 1.00 bits per heavy atom. The van der Waals surface area contributed by atoms with Gasteiger partial charge < -0.3 is 20.7 Å². The van der Waals surface area contributed by atoms with Crippen LogP contribution in [0, 0.1) is 11.8 Å². The Balaban J connectivity index is 1.92. The minimum Gasteiger partial charge on any atom is -0.493 e. The number of aliphatic carboxylic acids is 1. The summed E-state index contributed by atoms with van der Waals surface area (Å²) in [6, 6.07) is 16.6. The second kappa shape index (κ2) is 10.8. The molecule has 0 aliphatic heterocycles. The Hall–Kier alpha value is -2.37. The van der Waals surface area contributed by atoms with Crippen LogP contribution in [0.2, 0.25) is 0 Å². The molecule has 0 saturated carbocycles. The van der Waals surface area contributed by atoms with Crippen molar-refractivity contribution in [1.82, 2.24) is 0 Å². The van der Waals surface area contributed by atoms with Gasteiger partial charge in [0.25, 0.3) is 0 Å². The molecule has 2 aromatic rings. The van der Waals surface area contributed by atoms with E-state index in [2.05, 4.69) is 13.8 Å². The summed E-state index contributed by atoms with van der Waals surface area (Å²) in [7, 11) is 0. The third kappa shape index (κ3) is 7.33. The Morgan fingerprint density at radius 2 is 1.61 bits per heavy atom. The van der Waals surface area contributed by atoms with E-state index in [1.54, 1.807) is 0 Å². The van der Waals surface area contributed by atoms with Crippen LogP contribution in [0.4, 0.5) is 0 Å². The van der Waals surface area contributed by atoms with Gasteiger partial charge in [-0.2, -0.15) is 0 Å². The summed E-state index contributed by atoms with van der Waals surface area (Å²) < 4.78 is 5.65. The zero-order valence-corrected chi connectivity index (χ0v) is 16.6. The lowest BCUT2D eigenvalue weighted by molar-refractivity contribution is -0.142. The van der Waals surface area contributed by atoms with E-state index >= 15 is 0 Å². The van der Waals surface area contributed by atoms with Crippen LogP contribution in [-0.2, 0) is 17.6 Å². The first-order valence-electron chi connectivity index (χ1n) is 9.77. The molecule has 0 amide bonds. The van der Waals surface area contributed by atoms with Crippen molar-refractivity contribution in [3.63, 3.8) is 0 Å². The fourth-order valence-corrected chi connectivity index (χ4v) is 3.03. The molecule has 28 heavy (non-hydrogen) atoms. The molecule has 0 unspecified atom stereocenters. The molecule has 0 aromatic heterocycles. The molecule has 0 spiro atoms. The van der Waals surface area contributed by atoms with Gasteiger partial charge in [0, 0.05) is 6.04 Å². The largest absolute Gasteiger partial charge is 0.493 e. The molecule has 2 rings (SSSR count). The van der Waals surface area contributed by atoms with Gasteiger partial charge >= 0.3 is 5.97 Å². The summed E-state index contributed by atoms with van der Waals surface area (Å²) >= 11 is 0. The van der Waals surface area contributed by atoms with Crippen LogP contribution in [0.5, 0.6) is 5.75 Å². The van der Waals surface area contributed by atoms with E-state index in [4.69, 9.17) is 10.5 Å². The Kier molecular flexibility index (Phi) is 8.48. The van der Waals surface area contributed by atoms with Crippen molar-refractivity contribution in [1.29, 1.82) is 0 Å². The number of hydrogen-bond donors (Lipinski definition) is 3. The van der Waals surface area contributed by atoms with Gasteiger partial charge in [-0.05, 0) is 48.4 Å². The summed E-state index contributed by atoms with van der Waals surface area (Å²) in [6.07, 6.45) is 0.0926. The van der Waals surface area contributed by atoms with Crippen molar-refractivity contribution in [2.75, 3.05) is 6.61 Å². The number of carboxylic acids is 1. The first-order valence-corrected chi connectivity index (χ1v) is 9.77. The van der Waals surface area contributed by atoms with E-state index in [0.29, 0.717) is 25.4 Å². The predicted octanol–water partition coefficient (Wildman–Crippen LogP) is 3.29. The summed E-state index contributed by atoms with van der Waals surface area (Å²) in [5.74, 6) is -0.405. The van der Waals surface area contributed by atoms with Crippen molar-refractivity contribution in [2.24, 2.45) is 17.6 Å². The zero-order chi connectivity index (χ0) is 20.5. The van der Waals surface area contributed by atoms with Crippen LogP contribution >= 0.6 is 0 Å². The predicted molar refractivity (Wildman–Crippen MR) is 110 cm³/mol. The van der Waals surface area contributed by atoms with Gasteiger partial charge in [0.05, 0.1) is 18.6 Å². The average Bonchev–Trinajstić information content (AvgIpc) is 2.67. The molecule has 5 nitrogen and oxygen atoms in total. The molecule has 0 aliphatic rings. The van der Waals surface area contributed by atoms with Crippen LogP contribution in [0.1, 0.15) is 31.4 Å². The molecule has 0 bridgehead atoms. The summed E-state index contributed by atoms with van der Waals surface area (Å²) in [6.45, 7) is 4.81. The van der Waals surface area contributed by atoms with Crippen LogP contribution in [0.3, 0.4) is 0 Å². The first kappa shape index (κ1) is 21.9. The van der Waals surface area contributed by atoms with Gasteiger partial charge in [0.15, 0.2) is 0 Å². The number of carbonyl (C=O) groups is 1. The number of carboxylic acid groups (broad SMARTS) is 1. The van der Waals surface area contributed by atoms with E-state index in [9.17, 15) is 15.0 Å². The summed E-state index contributed by atoms with van der Waals surface area (Å²) in [4.78, 5) is 11.7. The maximum Gasteiger partial charge on any atom is 0.306 e.